The Labute approximate surface area is 103 Å². The lowest BCUT2D eigenvalue weighted by atomic mass is 9.77. The van der Waals surface area contributed by atoms with Gasteiger partial charge in [0.2, 0.25) is 0 Å². The highest BCUT2D eigenvalue weighted by Crippen LogP contribution is 2.34. The van der Waals surface area contributed by atoms with Crippen molar-refractivity contribution in [2.75, 3.05) is 13.1 Å². The predicted octanol–water partition coefficient (Wildman–Crippen LogP) is 3.56. The van der Waals surface area contributed by atoms with E-state index in [2.05, 4.69) is 19.2 Å². The Balaban J connectivity index is 2.12. The molecule has 2 unspecified atom stereocenters. The summed E-state index contributed by atoms with van der Waals surface area (Å²) in [6.45, 7) is 6.73. The van der Waals surface area contributed by atoms with Crippen molar-refractivity contribution in [3.05, 3.63) is 35.6 Å². The van der Waals surface area contributed by atoms with E-state index >= 15 is 0 Å². The van der Waals surface area contributed by atoms with Crippen molar-refractivity contribution in [2.45, 2.75) is 32.6 Å². The van der Waals surface area contributed by atoms with Gasteiger partial charge in [0.1, 0.15) is 5.82 Å². The van der Waals surface area contributed by atoms with Crippen LogP contribution in [0.15, 0.2) is 24.3 Å². The summed E-state index contributed by atoms with van der Waals surface area (Å²) >= 11 is 0. The third-order valence-corrected chi connectivity index (χ3v) is 3.68. The van der Waals surface area contributed by atoms with Crippen LogP contribution >= 0.6 is 0 Å². The van der Waals surface area contributed by atoms with E-state index in [0.29, 0.717) is 11.8 Å². The fraction of sp³-hybridized carbons (Fsp3) is 0.600. The molecule has 0 amide bonds. The molecule has 1 aliphatic rings. The van der Waals surface area contributed by atoms with Crippen LogP contribution in [-0.4, -0.2) is 13.1 Å². The number of benzene rings is 1. The Hall–Kier alpha value is -0.890. The molecule has 1 aromatic rings. The fourth-order valence-electron chi connectivity index (χ4n) is 2.92. The summed E-state index contributed by atoms with van der Waals surface area (Å²) < 4.78 is 12.9. The molecule has 1 saturated heterocycles. The van der Waals surface area contributed by atoms with Gasteiger partial charge in [-0.05, 0) is 61.4 Å². The van der Waals surface area contributed by atoms with E-state index in [4.69, 9.17) is 0 Å². The Bertz CT molecular complexity index is 344. The molecular formula is C15H22FN. The van der Waals surface area contributed by atoms with Gasteiger partial charge in [0.15, 0.2) is 0 Å². The minimum absolute atomic E-state index is 0.136. The van der Waals surface area contributed by atoms with Gasteiger partial charge in [-0.15, -0.1) is 0 Å². The summed E-state index contributed by atoms with van der Waals surface area (Å²) in [6, 6.07) is 7.09. The largest absolute Gasteiger partial charge is 0.316 e. The molecule has 0 aromatic heterocycles. The fourth-order valence-corrected chi connectivity index (χ4v) is 2.92. The standard InChI is InChI=1S/C15H22FN/c1-11(2)9-13-10-17-8-7-15(13)12-3-5-14(16)6-4-12/h3-6,11,13,15,17H,7-10H2,1-2H3. The molecule has 1 aromatic carbocycles. The van der Waals surface area contributed by atoms with E-state index in [0.717, 1.165) is 19.0 Å². The lowest BCUT2D eigenvalue weighted by Gasteiger charge is -2.33. The Morgan fingerprint density at radius 2 is 2.00 bits per heavy atom. The number of halogens is 1. The van der Waals surface area contributed by atoms with Crippen molar-refractivity contribution in [3.63, 3.8) is 0 Å². The molecule has 2 rings (SSSR count). The SMILES string of the molecule is CC(C)CC1CNCCC1c1ccc(F)cc1. The molecule has 94 valence electrons. The normalized spacial score (nSPS) is 25.2. The number of nitrogens with one attached hydrogen (secondary N) is 1. The van der Waals surface area contributed by atoms with Gasteiger partial charge >= 0.3 is 0 Å². The van der Waals surface area contributed by atoms with E-state index in [1.807, 2.05) is 12.1 Å². The van der Waals surface area contributed by atoms with Gasteiger partial charge < -0.3 is 5.32 Å². The van der Waals surface area contributed by atoms with Gasteiger partial charge in [-0.2, -0.15) is 0 Å². The van der Waals surface area contributed by atoms with Crippen molar-refractivity contribution in [3.8, 4) is 0 Å². The van der Waals surface area contributed by atoms with Crippen LogP contribution in [0.3, 0.4) is 0 Å². The van der Waals surface area contributed by atoms with E-state index in [1.165, 1.54) is 18.4 Å². The number of hydrogen-bond acceptors (Lipinski definition) is 1. The van der Waals surface area contributed by atoms with E-state index < -0.39 is 0 Å². The van der Waals surface area contributed by atoms with Crippen molar-refractivity contribution in [1.29, 1.82) is 0 Å². The molecule has 1 nitrogen and oxygen atoms in total. The molecule has 17 heavy (non-hydrogen) atoms. The zero-order valence-electron chi connectivity index (χ0n) is 10.7. The van der Waals surface area contributed by atoms with Crippen molar-refractivity contribution < 1.29 is 4.39 Å². The van der Waals surface area contributed by atoms with Gasteiger partial charge in [-0.1, -0.05) is 26.0 Å². The van der Waals surface area contributed by atoms with Gasteiger partial charge in [-0.3, -0.25) is 0 Å². The zero-order chi connectivity index (χ0) is 12.3. The third-order valence-electron chi connectivity index (χ3n) is 3.68. The quantitative estimate of drug-likeness (QED) is 0.844. The van der Waals surface area contributed by atoms with Crippen LogP contribution in [0.25, 0.3) is 0 Å². The molecule has 0 radical (unpaired) electrons. The summed E-state index contributed by atoms with van der Waals surface area (Å²) in [4.78, 5) is 0. The molecule has 2 heteroatoms. The summed E-state index contributed by atoms with van der Waals surface area (Å²) in [6.07, 6.45) is 2.41. The van der Waals surface area contributed by atoms with Gasteiger partial charge in [0.05, 0.1) is 0 Å². The second kappa shape index (κ2) is 5.63. The minimum atomic E-state index is -0.136. The minimum Gasteiger partial charge on any atom is -0.316 e. The van der Waals surface area contributed by atoms with E-state index in [-0.39, 0.29) is 5.82 Å². The van der Waals surface area contributed by atoms with Crippen LogP contribution in [0.1, 0.15) is 38.2 Å². The highest BCUT2D eigenvalue weighted by Gasteiger charge is 2.26. The summed E-state index contributed by atoms with van der Waals surface area (Å²) in [5.74, 6) is 1.87. The highest BCUT2D eigenvalue weighted by molar-refractivity contribution is 5.22. The molecule has 1 N–H and O–H groups in total. The van der Waals surface area contributed by atoms with Crippen LogP contribution < -0.4 is 5.32 Å². The lowest BCUT2D eigenvalue weighted by molar-refractivity contribution is 0.280. The summed E-state index contributed by atoms with van der Waals surface area (Å²) in [7, 11) is 0. The van der Waals surface area contributed by atoms with Crippen LogP contribution in [-0.2, 0) is 0 Å². The van der Waals surface area contributed by atoms with Crippen LogP contribution in [0.5, 0.6) is 0 Å². The molecular weight excluding hydrogens is 213 g/mol. The maximum atomic E-state index is 12.9. The molecule has 1 heterocycles. The van der Waals surface area contributed by atoms with Gasteiger partial charge in [-0.25, -0.2) is 4.39 Å². The third kappa shape index (κ3) is 3.29. The smallest absolute Gasteiger partial charge is 0.123 e. The number of piperidine rings is 1. The predicted molar refractivity (Wildman–Crippen MR) is 69.6 cm³/mol. The Kier molecular flexibility index (Phi) is 4.16. The first-order valence-electron chi connectivity index (χ1n) is 6.63. The average molecular weight is 235 g/mol. The van der Waals surface area contributed by atoms with Crippen molar-refractivity contribution >= 4 is 0 Å². The second-order valence-electron chi connectivity index (χ2n) is 5.54. The number of hydrogen-bond donors (Lipinski definition) is 1. The first kappa shape index (κ1) is 12.6. The molecule has 0 spiro atoms. The molecule has 0 aliphatic carbocycles. The summed E-state index contributed by atoms with van der Waals surface area (Å²) in [5, 5.41) is 3.48. The Morgan fingerprint density at radius 3 is 2.65 bits per heavy atom. The molecule has 0 bridgehead atoms. The van der Waals surface area contributed by atoms with E-state index in [1.54, 1.807) is 12.1 Å². The monoisotopic (exact) mass is 235 g/mol. The van der Waals surface area contributed by atoms with Crippen LogP contribution in [0.4, 0.5) is 4.39 Å². The topological polar surface area (TPSA) is 12.0 Å². The van der Waals surface area contributed by atoms with Crippen molar-refractivity contribution in [2.24, 2.45) is 11.8 Å². The average Bonchev–Trinajstić information content (AvgIpc) is 2.30. The van der Waals surface area contributed by atoms with Gasteiger partial charge in [0, 0.05) is 0 Å². The first-order valence-corrected chi connectivity index (χ1v) is 6.63. The Morgan fingerprint density at radius 1 is 1.29 bits per heavy atom. The van der Waals surface area contributed by atoms with E-state index in [9.17, 15) is 4.39 Å². The zero-order valence-corrected chi connectivity index (χ0v) is 10.7. The maximum absolute atomic E-state index is 12.9. The second-order valence-corrected chi connectivity index (χ2v) is 5.54. The highest BCUT2D eigenvalue weighted by atomic mass is 19.1. The first-order chi connectivity index (χ1) is 8.16. The molecule has 1 fully saturated rings. The van der Waals surface area contributed by atoms with Gasteiger partial charge in [0.25, 0.3) is 0 Å². The molecule has 2 atom stereocenters. The lowest BCUT2D eigenvalue weighted by Crippen LogP contribution is -2.36. The number of rotatable bonds is 3. The summed E-state index contributed by atoms with van der Waals surface area (Å²) in [5.41, 5.74) is 1.30. The molecule has 0 saturated carbocycles. The van der Waals surface area contributed by atoms with Crippen LogP contribution in [0.2, 0.25) is 0 Å². The van der Waals surface area contributed by atoms with Crippen molar-refractivity contribution in [1.82, 2.24) is 5.32 Å². The maximum Gasteiger partial charge on any atom is 0.123 e. The van der Waals surface area contributed by atoms with Crippen LogP contribution in [0, 0.1) is 17.7 Å². The molecule has 1 aliphatic heterocycles.